The van der Waals surface area contributed by atoms with Crippen molar-refractivity contribution in [1.82, 2.24) is 5.43 Å². The summed E-state index contributed by atoms with van der Waals surface area (Å²) in [4.78, 5) is 36.9. The van der Waals surface area contributed by atoms with Crippen LogP contribution in [0.25, 0.3) is 17.4 Å². The summed E-state index contributed by atoms with van der Waals surface area (Å²) < 4.78 is 11.5. The summed E-state index contributed by atoms with van der Waals surface area (Å²) in [5.74, 6) is -0.475. The van der Waals surface area contributed by atoms with E-state index in [9.17, 15) is 14.4 Å². The Bertz CT molecular complexity index is 1200. The molecule has 7 nitrogen and oxygen atoms in total. The molecule has 1 aromatic heterocycles. The quantitative estimate of drug-likeness (QED) is 0.333. The van der Waals surface area contributed by atoms with Crippen LogP contribution < -0.4 is 10.4 Å². The maximum Gasteiger partial charge on any atom is 0.338 e. The van der Waals surface area contributed by atoms with Gasteiger partial charge in [0.1, 0.15) is 17.1 Å². The summed E-state index contributed by atoms with van der Waals surface area (Å²) in [6.45, 7) is 2.06. The Labute approximate surface area is 186 Å². The first-order valence-electron chi connectivity index (χ1n) is 9.46. The van der Waals surface area contributed by atoms with Crippen LogP contribution >= 0.6 is 15.9 Å². The van der Waals surface area contributed by atoms with Gasteiger partial charge in [-0.05, 0) is 55.5 Å². The zero-order valence-electron chi connectivity index (χ0n) is 16.4. The maximum absolute atomic E-state index is 12.7. The molecule has 2 amide bonds. The number of anilines is 1. The average molecular weight is 481 g/mol. The summed E-state index contributed by atoms with van der Waals surface area (Å²) in [6.07, 6.45) is 1.41. The minimum atomic E-state index is -0.512. The van der Waals surface area contributed by atoms with Crippen molar-refractivity contribution in [2.24, 2.45) is 0 Å². The minimum Gasteiger partial charge on any atom is -0.462 e. The number of hydrogen-bond acceptors (Lipinski definition) is 5. The van der Waals surface area contributed by atoms with Gasteiger partial charge in [0.2, 0.25) is 0 Å². The van der Waals surface area contributed by atoms with Crippen molar-refractivity contribution in [1.29, 1.82) is 0 Å². The molecule has 1 fully saturated rings. The lowest BCUT2D eigenvalue weighted by Crippen LogP contribution is -2.35. The van der Waals surface area contributed by atoms with E-state index >= 15 is 0 Å². The Morgan fingerprint density at radius 2 is 1.90 bits per heavy atom. The van der Waals surface area contributed by atoms with Crippen LogP contribution in [0.15, 0.2) is 75.1 Å². The standard InChI is InChI=1S/C23H17BrN2O5/c1-2-30-23(29)15-8-6-14(7-9-15)20-11-10-18(31-20)13-19-21(27)25-26(22(19)28)17-5-3-4-16(24)12-17/h3-13H,2H2,1H3,(H,25,27). The Hall–Kier alpha value is -3.65. The second kappa shape index (κ2) is 8.61. The summed E-state index contributed by atoms with van der Waals surface area (Å²) in [5.41, 5.74) is 4.25. The van der Waals surface area contributed by atoms with Crippen molar-refractivity contribution in [2.75, 3.05) is 11.6 Å². The number of carbonyl (C=O) groups excluding carboxylic acids is 3. The zero-order chi connectivity index (χ0) is 22.0. The zero-order valence-corrected chi connectivity index (χ0v) is 18.0. The van der Waals surface area contributed by atoms with E-state index in [1.54, 1.807) is 61.5 Å². The van der Waals surface area contributed by atoms with E-state index < -0.39 is 11.8 Å². The monoisotopic (exact) mass is 480 g/mol. The Morgan fingerprint density at radius 3 is 2.61 bits per heavy atom. The number of nitrogens with one attached hydrogen (secondary N) is 1. The molecular weight excluding hydrogens is 464 g/mol. The lowest BCUT2D eigenvalue weighted by Gasteiger charge is -2.14. The fourth-order valence-electron chi connectivity index (χ4n) is 3.07. The molecule has 2 aromatic carbocycles. The van der Waals surface area contributed by atoms with Crippen molar-refractivity contribution in [2.45, 2.75) is 6.92 Å². The number of furan rings is 1. The van der Waals surface area contributed by atoms with E-state index in [-0.39, 0.29) is 11.5 Å². The van der Waals surface area contributed by atoms with Gasteiger partial charge >= 0.3 is 5.97 Å². The molecule has 1 N–H and O–H groups in total. The second-order valence-corrected chi connectivity index (χ2v) is 7.53. The topological polar surface area (TPSA) is 88.9 Å². The number of hydrazine groups is 1. The molecular formula is C23H17BrN2O5. The number of ether oxygens (including phenoxy) is 1. The van der Waals surface area contributed by atoms with Gasteiger partial charge in [0, 0.05) is 10.0 Å². The van der Waals surface area contributed by atoms with Crippen molar-refractivity contribution in [3.05, 3.63) is 82.0 Å². The van der Waals surface area contributed by atoms with Gasteiger partial charge in [0.05, 0.1) is 17.9 Å². The summed E-state index contributed by atoms with van der Waals surface area (Å²) in [6, 6.07) is 17.2. The van der Waals surface area contributed by atoms with Crippen LogP contribution in [0.1, 0.15) is 23.0 Å². The molecule has 0 atom stereocenters. The first-order valence-corrected chi connectivity index (χ1v) is 10.3. The van der Waals surface area contributed by atoms with Crippen LogP contribution in [0.4, 0.5) is 5.69 Å². The van der Waals surface area contributed by atoms with Crippen LogP contribution in [-0.2, 0) is 14.3 Å². The van der Waals surface area contributed by atoms with Crippen LogP contribution in [0, 0.1) is 0 Å². The SMILES string of the molecule is CCOC(=O)c1ccc(-c2ccc(C=C3C(=O)NN(c4cccc(Br)c4)C3=O)o2)cc1. The number of benzene rings is 2. The highest BCUT2D eigenvalue weighted by molar-refractivity contribution is 9.10. The van der Waals surface area contributed by atoms with Crippen LogP contribution in [-0.4, -0.2) is 24.4 Å². The van der Waals surface area contributed by atoms with Gasteiger partial charge in [-0.2, -0.15) is 0 Å². The van der Waals surface area contributed by atoms with Crippen LogP contribution in [0.2, 0.25) is 0 Å². The van der Waals surface area contributed by atoms with Crippen LogP contribution in [0.3, 0.4) is 0 Å². The number of hydrogen-bond donors (Lipinski definition) is 1. The average Bonchev–Trinajstić information content (AvgIpc) is 3.34. The molecule has 1 aliphatic heterocycles. The lowest BCUT2D eigenvalue weighted by atomic mass is 10.1. The van der Waals surface area contributed by atoms with Gasteiger partial charge in [-0.25, -0.2) is 9.80 Å². The molecule has 156 valence electrons. The smallest absolute Gasteiger partial charge is 0.338 e. The molecule has 1 saturated heterocycles. The van der Waals surface area contributed by atoms with E-state index in [1.165, 1.54) is 11.1 Å². The maximum atomic E-state index is 12.7. The fraction of sp³-hybridized carbons (Fsp3) is 0.0870. The predicted molar refractivity (Wildman–Crippen MR) is 118 cm³/mol. The highest BCUT2D eigenvalue weighted by Gasteiger charge is 2.34. The summed E-state index contributed by atoms with van der Waals surface area (Å²) >= 11 is 3.35. The summed E-state index contributed by atoms with van der Waals surface area (Å²) in [5, 5.41) is 1.19. The Balaban J connectivity index is 1.55. The van der Waals surface area contributed by atoms with Crippen molar-refractivity contribution in [3.8, 4) is 11.3 Å². The number of rotatable bonds is 5. The highest BCUT2D eigenvalue weighted by atomic mass is 79.9. The number of carbonyl (C=O) groups is 3. The third kappa shape index (κ3) is 4.29. The third-order valence-corrected chi connectivity index (χ3v) is 5.05. The van der Waals surface area contributed by atoms with E-state index in [0.29, 0.717) is 29.4 Å². The molecule has 0 bridgehead atoms. The lowest BCUT2D eigenvalue weighted by molar-refractivity contribution is -0.117. The highest BCUT2D eigenvalue weighted by Crippen LogP contribution is 2.27. The predicted octanol–water partition coefficient (Wildman–Crippen LogP) is 4.35. The molecule has 3 aromatic rings. The normalized spacial score (nSPS) is 14.8. The van der Waals surface area contributed by atoms with Gasteiger partial charge in [-0.1, -0.05) is 34.1 Å². The van der Waals surface area contributed by atoms with Gasteiger partial charge in [-0.15, -0.1) is 0 Å². The Kier molecular flexibility index (Phi) is 5.73. The van der Waals surface area contributed by atoms with Crippen molar-refractivity contribution in [3.63, 3.8) is 0 Å². The number of esters is 1. The number of halogens is 1. The molecule has 0 aliphatic carbocycles. The fourth-order valence-corrected chi connectivity index (χ4v) is 3.45. The first-order chi connectivity index (χ1) is 15.0. The Morgan fingerprint density at radius 1 is 1.13 bits per heavy atom. The molecule has 0 radical (unpaired) electrons. The third-order valence-electron chi connectivity index (χ3n) is 4.55. The van der Waals surface area contributed by atoms with Gasteiger partial charge in [0.25, 0.3) is 11.8 Å². The number of nitrogens with zero attached hydrogens (tertiary/aromatic N) is 1. The molecule has 1 aliphatic rings. The van der Waals surface area contributed by atoms with Crippen molar-refractivity contribution >= 4 is 45.5 Å². The second-order valence-electron chi connectivity index (χ2n) is 6.62. The van der Waals surface area contributed by atoms with E-state index in [1.807, 2.05) is 6.07 Å². The summed E-state index contributed by atoms with van der Waals surface area (Å²) in [7, 11) is 0. The van der Waals surface area contributed by atoms with Gasteiger partial charge < -0.3 is 9.15 Å². The molecule has 4 rings (SSSR count). The first kappa shape index (κ1) is 20.6. The van der Waals surface area contributed by atoms with E-state index in [4.69, 9.17) is 9.15 Å². The van der Waals surface area contributed by atoms with E-state index in [0.717, 1.165) is 10.0 Å². The van der Waals surface area contributed by atoms with Crippen LogP contribution in [0.5, 0.6) is 0 Å². The van der Waals surface area contributed by atoms with Gasteiger partial charge in [0.15, 0.2) is 0 Å². The van der Waals surface area contributed by atoms with Gasteiger partial charge in [-0.3, -0.25) is 15.0 Å². The minimum absolute atomic E-state index is 0.0291. The molecule has 8 heteroatoms. The molecule has 31 heavy (non-hydrogen) atoms. The molecule has 2 heterocycles. The van der Waals surface area contributed by atoms with Crippen molar-refractivity contribution < 1.29 is 23.5 Å². The van der Waals surface area contributed by atoms with E-state index in [2.05, 4.69) is 21.4 Å². The largest absolute Gasteiger partial charge is 0.462 e. The number of amides is 2. The molecule has 0 unspecified atom stereocenters. The molecule has 0 spiro atoms. The molecule has 0 saturated carbocycles.